The Morgan fingerprint density at radius 3 is 2.23 bits per heavy atom. The highest BCUT2D eigenvalue weighted by Gasteiger charge is 2.09. The summed E-state index contributed by atoms with van der Waals surface area (Å²) in [5.41, 5.74) is 0. The molecule has 0 fully saturated rings. The summed E-state index contributed by atoms with van der Waals surface area (Å²) in [5.74, 6) is 0.650. The van der Waals surface area contributed by atoms with Gasteiger partial charge in [-0.25, -0.2) is 9.97 Å². The highest BCUT2D eigenvalue weighted by atomic mass is 79.9. The van der Waals surface area contributed by atoms with Crippen molar-refractivity contribution in [3.8, 4) is 0 Å². The molecule has 0 aliphatic carbocycles. The van der Waals surface area contributed by atoms with E-state index in [1.54, 1.807) is 24.2 Å². The Balaban J connectivity index is 2.59. The van der Waals surface area contributed by atoms with E-state index in [1.807, 2.05) is 0 Å². The molecule has 0 aliphatic heterocycles. The van der Waals surface area contributed by atoms with Crippen molar-refractivity contribution in [3.63, 3.8) is 0 Å². The lowest BCUT2D eigenvalue weighted by atomic mass is 10.2. The Hall–Kier alpha value is -0.0900. The molecule has 13 heavy (non-hydrogen) atoms. The first-order valence-corrected chi connectivity index (χ1v) is 5.91. The summed E-state index contributed by atoms with van der Waals surface area (Å²) in [6.07, 6.45) is 3.56. The highest BCUT2D eigenvalue weighted by Crippen LogP contribution is 2.24. The number of hydrogen-bond acceptors (Lipinski definition) is 3. The summed E-state index contributed by atoms with van der Waals surface area (Å²) >= 11 is 5.02. The summed E-state index contributed by atoms with van der Waals surface area (Å²) in [7, 11) is 0. The lowest BCUT2D eigenvalue weighted by molar-refractivity contribution is 0.640. The first kappa shape index (κ1) is 11.0. The van der Waals surface area contributed by atoms with Crippen molar-refractivity contribution in [2.24, 2.45) is 5.92 Å². The average Bonchev–Trinajstić information content (AvgIpc) is 2.08. The maximum atomic E-state index is 4.21. The van der Waals surface area contributed by atoms with E-state index in [-0.39, 0.29) is 0 Å². The smallest absolute Gasteiger partial charge is 0.187 e. The summed E-state index contributed by atoms with van der Waals surface area (Å²) in [5, 5.41) is 1.41. The molecule has 0 saturated heterocycles. The minimum atomic E-state index is 0.557. The van der Waals surface area contributed by atoms with Crippen molar-refractivity contribution in [2.45, 2.75) is 31.2 Å². The zero-order chi connectivity index (χ0) is 9.84. The molecule has 0 amide bonds. The van der Waals surface area contributed by atoms with Crippen LogP contribution in [0.1, 0.15) is 20.8 Å². The summed E-state index contributed by atoms with van der Waals surface area (Å²) in [4.78, 5) is 8.41. The van der Waals surface area contributed by atoms with Crippen LogP contribution in [-0.4, -0.2) is 15.2 Å². The van der Waals surface area contributed by atoms with Crippen LogP contribution in [0.3, 0.4) is 0 Å². The predicted octanol–water partition coefficient (Wildman–Crippen LogP) is 3.38. The Bertz CT molecular complexity index is 261. The molecule has 1 aromatic rings. The van der Waals surface area contributed by atoms with Crippen LogP contribution in [0.5, 0.6) is 0 Å². The quantitative estimate of drug-likeness (QED) is 0.616. The van der Waals surface area contributed by atoms with Gasteiger partial charge in [-0.2, -0.15) is 0 Å². The molecule has 0 aliphatic rings. The number of thioether (sulfide) groups is 1. The maximum Gasteiger partial charge on any atom is 0.187 e. The minimum Gasteiger partial charge on any atom is -0.230 e. The van der Waals surface area contributed by atoms with Gasteiger partial charge in [0.25, 0.3) is 0 Å². The van der Waals surface area contributed by atoms with E-state index < -0.39 is 0 Å². The van der Waals surface area contributed by atoms with Crippen LogP contribution in [0.4, 0.5) is 0 Å². The lowest BCUT2D eigenvalue weighted by Crippen LogP contribution is -2.06. The SMILES string of the molecule is CC(C)C(C)Sc1ncc(Br)cn1. The number of rotatable bonds is 3. The van der Waals surface area contributed by atoms with Gasteiger partial charge in [-0.15, -0.1) is 0 Å². The summed E-state index contributed by atoms with van der Waals surface area (Å²) in [6, 6.07) is 0. The van der Waals surface area contributed by atoms with Crippen molar-refractivity contribution in [1.29, 1.82) is 0 Å². The van der Waals surface area contributed by atoms with E-state index in [0.29, 0.717) is 11.2 Å². The van der Waals surface area contributed by atoms with Crippen molar-refractivity contribution < 1.29 is 0 Å². The molecule has 0 bridgehead atoms. The zero-order valence-electron chi connectivity index (χ0n) is 7.99. The summed E-state index contributed by atoms with van der Waals surface area (Å²) in [6.45, 7) is 6.60. The second kappa shape index (κ2) is 4.96. The Kier molecular flexibility index (Phi) is 4.19. The molecular weight excluding hydrogens is 248 g/mol. The van der Waals surface area contributed by atoms with Crippen LogP contribution in [0, 0.1) is 5.92 Å². The van der Waals surface area contributed by atoms with Gasteiger partial charge in [0.15, 0.2) is 5.16 Å². The number of halogens is 1. The van der Waals surface area contributed by atoms with Gasteiger partial charge in [0.1, 0.15) is 0 Å². The number of aromatic nitrogens is 2. The molecule has 1 rings (SSSR count). The monoisotopic (exact) mass is 260 g/mol. The first-order valence-electron chi connectivity index (χ1n) is 4.24. The molecule has 0 saturated carbocycles. The van der Waals surface area contributed by atoms with Crippen LogP contribution in [0.2, 0.25) is 0 Å². The van der Waals surface area contributed by atoms with Gasteiger partial charge < -0.3 is 0 Å². The number of nitrogens with zero attached hydrogens (tertiary/aromatic N) is 2. The molecule has 4 heteroatoms. The van der Waals surface area contributed by atoms with Gasteiger partial charge in [0, 0.05) is 17.6 Å². The van der Waals surface area contributed by atoms with Gasteiger partial charge >= 0.3 is 0 Å². The molecule has 0 N–H and O–H groups in total. The highest BCUT2D eigenvalue weighted by molar-refractivity contribution is 9.10. The fourth-order valence-corrected chi connectivity index (χ4v) is 1.70. The molecule has 1 unspecified atom stereocenters. The lowest BCUT2D eigenvalue weighted by Gasteiger charge is -2.12. The third-order valence-corrected chi connectivity index (χ3v) is 3.57. The second-order valence-corrected chi connectivity index (χ2v) is 5.51. The minimum absolute atomic E-state index is 0.557. The molecule has 0 aromatic carbocycles. The number of hydrogen-bond donors (Lipinski definition) is 0. The zero-order valence-corrected chi connectivity index (χ0v) is 10.4. The van der Waals surface area contributed by atoms with Crippen molar-refractivity contribution >= 4 is 27.7 Å². The van der Waals surface area contributed by atoms with Gasteiger partial charge in [0.05, 0.1) is 4.47 Å². The molecule has 0 spiro atoms. The van der Waals surface area contributed by atoms with E-state index in [1.165, 1.54) is 0 Å². The van der Waals surface area contributed by atoms with Gasteiger partial charge in [-0.3, -0.25) is 0 Å². The Labute approximate surface area is 91.7 Å². The van der Waals surface area contributed by atoms with Gasteiger partial charge in [-0.05, 0) is 21.8 Å². The van der Waals surface area contributed by atoms with E-state index >= 15 is 0 Å². The topological polar surface area (TPSA) is 25.8 Å². The fraction of sp³-hybridized carbons (Fsp3) is 0.556. The van der Waals surface area contributed by atoms with Crippen molar-refractivity contribution in [1.82, 2.24) is 9.97 Å². The largest absolute Gasteiger partial charge is 0.230 e. The molecule has 2 nitrogen and oxygen atoms in total. The average molecular weight is 261 g/mol. The predicted molar refractivity (Wildman–Crippen MR) is 59.9 cm³/mol. The molecule has 1 heterocycles. The normalized spacial score (nSPS) is 13.3. The molecule has 1 aromatic heterocycles. The first-order chi connectivity index (χ1) is 6.09. The van der Waals surface area contributed by atoms with Crippen LogP contribution in [0.15, 0.2) is 22.0 Å². The Morgan fingerprint density at radius 1 is 1.23 bits per heavy atom. The fourth-order valence-electron chi connectivity index (χ4n) is 0.664. The summed E-state index contributed by atoms with van der Waals surface area (Å²) < 4.78 is 0.925. The Morgan fingerprint density at radius 2 is 1.77 bits per heavy atom. The van der Waals surface area contributed by atoms with E-state index in [2.05, 4.69) is 46.7 Å². The van der Waals surface area contributed by atoms with Crippen LogP contribution < -0.4 is 0 Å². The standard InChI is InChI=1S/C9H13BrN2S/c1-6(2)7(3)13-9-11-4-8(10)5-12-9/h4-7H,1-3H3. The van der Waals surface area contributed by atoms with E-state index in [9.17, 15) is 0 Å². The van der Waals surface area contributed by atoms with E-state index in [4.69, 9.17) is 0 Å². The molecule has 0 radical (unpaired) electrons. The third kappa shape index (κ3) is 3.65. The van der Waals surface area contributed by atoms with E-state index in [0.717, 1.165) is 9.63 Å². The van der Waals surface area contributed by atoms with Crippen LogP contribution >= 0.6 is 27.7 Å². The maximum absolute atomic E-state index is 4.21. The second-order valence-electron chi connectivity index (χ2n) is 3.25. The van der Waals surface area contributed by atoms with Crippen LogP contribution in [-0.2, 0) is 0 Å². The van der Waals surface area contributed by atoms with Gasteiger partial charge in [0.2, 0.25) is 0 Å². The molecular formula is C9H13BrN2S. The molecule has 72 valence electrons. The van der Waals surface area contributed by atoms with Gasteiger partial charge in [-0.1, -0.05) is 32.5 Å². The van der Waals surface area contributed by atoms with Crippen molar-refractivity contribution in [2.75, 3.05) is 0 Å². The van der Waals surface area contributed by atoms with Crippen LogP contribution in [0.25, 0.3) is 0 Å². The van der Waals surface area contributed by atoms with Crippen molar-refractivity contribution in [3.05, 3.63) is 16.9 Å². The third-order valence-electron chi connectivity index (χ3n) is 1.83. The molecule has 1 atom stereocenters.